The Morgan fingerprint density at radius 3 is 2.73 bits per heavy atom. The Balaban J connectivity index is 1.75. The molecule has 1 atom stereocenters. The molecule has 0 amide bonds. The first-order chi connectivity index (χ1) is 12.5. The molecule has 1 unspecified atom stereocenters. The third-order valence-corrected chi connectivity index (χ3v) is 3.83. The number of nitrogens with zero attached hydrogens (tertiary/aromatic N) is 4. The van der Waals surface area contributed by atoms with E-state index in [1.807, 2.05) is 0 Å². The third-order valence-electron chi connectivity index (χ3n) is 3.58. The molecule has 1 aromatic carbocycles. The number of benzene rings is 1. The van der Waals surface area contributed by atoms with Gasteiger partial charge in [0, 0.05) is 17.5 Å². The fourth-order valence-electron chi connectivity index (χ4n) is 2.28. The molecule has 0 aliphatic rings. The summed E-state index contributed by atoms with van der Waals surface area (Å²) in [6, 6.07) is 9.38. The standard InChI is InChI=1S/C16H12ClN5O4/c17-10-3-1-9(2-4-10)12(23)6-13-20-14(26-21-13)8-22-15(24)5-11(7-18)19-16(22)25/h1-5,12,23H,6,8H2,(H,19,25). The number of nitriles is 1. The Bertz CT molecular complexity index is 1050. The molecular weight excluding hydrogens is 362 g/mol. The summed E-state index contributed by atoms with van der Waals surface area (Å²) in [5.74, 6) is 0.251. The zero-order valence-electron chi connectivity index (χ0n) is 13.2. The van der Waals surface area contributed by atoms with Gasteiger partial charge in [0.25, 0.3) is 5.56 Å². The molecule has 9 nitrogen and oxygen atoms in total. The maximum absolute atomic E-state index is 11.9. The summed E-state index contributed by atoms with van der Waals surface area (Å²) in [6.45, 7) is -0.246. The molecular formula is C16H12ClN5O4. The molecule has 0 spiro atoms. The Morgan fingerprint density at radius 2 is 2.08 bits per heavy atom. The van der Waals surface area contributed by atoms with E-state index >= 15 is 0 Å². The average Bonchev–Trinajstić information content (AvgIpc) is 3.05. The van der Waals surface area contributed by atoms with Crippen molar-refractivity contribution in [3.8, 4) is 6.07 Å². The molecule has 0 fully saturated rings. The highest BCUT2D eigenvalue weighted by Gasteiger charge is 2.15. The van der Waals surface area contributed by atoms with Gasteiger partial charge in [-0.1, -0.05) is 28.9 Å². The molecule has 2 aromatic heterocycles. The van der Waals surface area contributed by atoms with E-state index in [4.69, 9.17) is 21.4 Å². The maximum atomic E-state index is 11.9. The minimum atomic E-state index is -0.862. The van der Waals surface area contributed by atoms with E-state index in [9.17, 15) is 14.7 Å². The van der Waals surface area contributed by atoms with E-state index in [1.165, 1.54) is 0 Å². The van der Waals surface area contributed by atoms with Crippen LogP contribution in [0.25, 0.3) is 0 Å². The van der Waals surface area contributed by atoms with Crippen molar-refractivity contribution in [2.45, 2.75) is 19.1 Å². The van der Waals surface area contributed by atoms with Crippen molar-refractivity contribution < 1.29 is 9.63 Å². The van der Waals surface area contributed by atoms with Crippen LogP contribution in [0.15, 0.2) is 44.4 Å². The Morgan fingerprint density at radius 1 is 1.35 bits per heavy atom. The first-order valence-corrected chi connectivity index (χ1v) is 7.83. The number of aromatic nitrogens is 4. The van der Waals surface area contributed by atoms with Crippen molar-refractivity contribution in [1.29, 1.82) is 5.26 Å². The number of aliphatic hydroxyl groups excluding tert-OH is 1. The Kier molecular flexibility index (Phi) is 4.97. The van der Waals surface area contributed by atoms with Crippen molar-refractivity contribution in [2.24, 2.45) is 0 Å². The molecule has 3 rings (SSSR count). The lowest BCUT2D eigenvalue weighted by Crippen LogP contribution is -2.35. The average molecular weight is 374 g/mol. The summed E-state index contributed by atoms with van der Waals surface area (Å²) in [7, 11) is 0. The van der Waals surface area contributed by atoms with Crippen LogP contribution in [0.3, 0.4) is 0 Å². The Hall–Kier alpha value is -3.22. The van der Waals surface area contributed by atoms with E-state index in [0.717, 1.165) is 10.6 Å². The molecule has 0 aliphatic heterocycles. The molecule has 0 saturated carbocycles. The lowest BCUT2D eigenvalue weighted by molar-refractivity contribution is 0.174. The number of aromatic amines is 1. The SMILES string of the molecule is N#Cc1cc(=O)n(Cc2nc(CC(O)c3ccc(Cl)cc3)no2)c(=O)[nH]1. The van der Waals surface area contributed by atoms with E-state index in [2.05, 4.69) is 15.1 Å². The number of H-pyrrole nitrogens is 1. The molecule has 132 valence electrons. The number of nitrogens with one attached hydrogen (secondary N) is 1. The largest absolute Gasteiger partial charge is 0.388 e. The molecule has 0 bridgehead atoms. The van der Waals surface area contributed by atoms with Gasteiger partial charge in [-0.2, -0.15) is 10.2 Å². The van der Waals surface area contributed by atoms with E-state index in [-0.39, 0.29) is 30.4 Å². The third kappa shape index (κ3) is 3.88. The number of halogens is 1. The predicted molar refractivity (Wildman–Crippen MR) is 89.6 cm³/mol. The monoisotopic (exact) mass is 373 g/mol. The zero-order chi connectivity index (χ0) is 18.7. The Labute approximate surface area is 151 Å². The maximum Gasteiger partial charge on any atom is 0.329 e. The molecule has 0 aliphatic carbocycles. The second kappa shape index (κ2) is 7.35. The quantitative estimate of drug-likeness (QED) is 0.673. The molecule has 0 saturated heterocycles. The van der Waals surface area contributed by atoms with Crippen molar-refractivity contribution >= 4 is 11.6 Å². The van der Waals surface area contributed by atoms with Gasteiger partial charge in [-0.25, -0.2) is 4.79 Å². The van der Waals surface area contributed by atoms with Crippen LogP contribution in [-0.2, 0) is 13.0 Å². The highest BCUT2D eigenvalue weighted by Crippen LogP contribution is 2.19. The smallest absolute Gasteiger partial charge is 0.329 e. The second-order valence-corrected chi connectivity index (χ2v) is 5.84. The summed E-state index contributed by atoms with van der Waals surface area (Å²) in [6.07, 6.45) is -0.775. The number of hydrogen-bond donors (Lipinski definition) is 2. The van der Waals surface area contributed by atoms with Crippen LogP contribution >= 0.6 is 11.6 Å². The summed E-state index contributed by atoms with van der Waals surface area (Å²) in [4.78, 5) is 30.0. The highest BCUT2D eigenvalue weighted by atomic mass is 35.5. The number of aliphatic hydroxyl groups is 1. The molecule has 26 heavy (non-hydrogen) atoms. The summed E-state index contributed by atoms with van der Waals surface area (Å²) in [5, 5.41) is 23.2. The summed E-state index contributed by atoms with van der Waals surface area (Å²) < 4.78 is 5.85. The van der Waals surface area contributed by atoms with E-state index < -0.39 is 17.4 Å². The normalized spacial score (nSPS) is 11.9. The van der Waals surface area contributed by atoms with Crippen molar-refractivity contribution in [3.63, 3.8) is 0 Å². The first-order valence-electron chi connectivity index (χ1n) is 7.45. The molecule has 2 N–H and O–H groups in total. The van der Waals surface area contributed by atoms with Crippen molar-refractivity contribution in [1.82, 2.24) is 19.7 Å². The van der Waals surface area contributed by atoms with Crippen molar-refractivity contribution in [2.75, 3.05) is 0 Å². The number of hydrogen-bond acceptors (Lipinski definition) is 7. The zero-order valence-corrected chi connectivity index (χ0v) is 14.0. The molecule has 0 radical (unpaired) electrons. The fraction of sp³-hybridized carbons (Fsp3) is 0.188. The van der Waals surface area contributed by atoms with Crippen LogP contribution in [0.1, 0.15) is 29.1 Å². The van der Waals surface area contributed by atoms with Crippen LogP contribution in [-0.4, -0.2) is 24.8 Å². The van der Waals surface area contributed by atoms with Gasteiger partial charge in [0.2, 0.25) is 5.89 Å². The lowest BCUT2D eigenvalue weighted by atomic mass is 10.1. The van der Waals surface area contributed by atoms with Crippen LogP contribution in [0.5, 0.6) is 0 Å². The number of rotatable bonds is 5. The van der Waals surface area contributed by atoms with Crippen LogP contribution in [0, 0.1) is 11.3 Å². The van der Waals surface area contributed by atoms with Gasteiger partial charge >= 0.3 is 5.69 Å². The fourth-order valence-corrected chi connectivity index (χ4v) is 2.40. The topological polar surface area (TPSA) is 138 Å². The van der Waals surface area contributed by atoms with Gasteiger partial charge in [-0.05, 0) is 17.7 Å². The summed E-state index contributed by atoms with van der Waals surface area (Å²) >= 11 is 5.81. The highest BCUT2D eigenvalue weighted by molar-refractivity contribution is 6.30. The molecule has 3 aromatic rings. The van der Waals surface area contributed by atoms with E-state index in [0.29, 0.717) is 10.6 Å². The minimum absolute atomic E-state index is 0.0283. The van der Waals surface area contributed by atoms with Crippen molar-refractivity contribution in [3.05, 3.63) is 79.2 Å². The summed E-state index contributed by atoms with van der Waals surface area (Å²) in [5.41, 5.74) is -0.907. The van der Waals surface area contributed by atoms with Gasteiger partial charge in [0.1, 0.15) is 18.3 Å². The lowest BCUT2D eigenvalue weighted by Gasteiger charge is -2.08. The minimum Gasteiger partial charge on any atom is -0.388 e. The second-order valence-electron chi connectivity index (χ2n) is 5.40. The van der Waals surface area contributed by atoms with Gasteiger partial charge in [-0.15, -0.1) is 0 Å². The van der Waals surface area contributed by atoms with Crippen LogP contribution < -0.4 is 11.2 Å². The van der Waals surface area contributed by atoms with Gasteiger partial charge in [0.15, 0.2) is 5.82 Å². The van der Waals surface area contributed by atoms with Gasteiger partial charge < -0.3 is 9.63 Å². The molecule has 2 heterocycles. The van der Waals surface area contributed by atoms with Crippen LogP contribution in [0.4, 0.5) is 0 Å². The predicted octanol–water partition coefficient (Wildman–Crippen LogP) is 0.769. The van der Waals surface area contributed by atoms with Gasteiger partial charge in [0.05, 0.1) is 6.10 Å². The van der Waals surface area contributed by atoms with Crippen LogP contribution in [0.2, 0.25) is 5.02 Å². The first kappa shape index (κ1) is 17.6. The van der Waals surface area contributed by atoms with E-state index in [1.54, 1.807) is 30.3 Å². The molecule has 10 heteroatoms. The van der Waals surface area contributed by atoms with Gasteiger partial charge in [-0.3, -0.25) is 14.3 Å².